The number of benzene rings is 2. The third-order valence-electron chi connectivity index (χ3n) is 3.93. The second kappa shape index (κ2) is 8.30. The number of nitro benzene ring substituents is 1. The van der Waals surface area contributed by atoms with E-state index in [-0.39, 0.29) is 23.9 Å². The Morgan fingerprint density at radius 1 is 1.14 bits per heavy atom. The van der Waals surface area contributed by atoms with Crippen LogP contribution in [0.3, 0.4) is 0 Å². The monoisotopic (exact) mass is 383 g/mol. The SMILES string of the molecule is COc1ccc(CC(=O)O[C@H](C)c2nnc(-c3ccc([N+](=O)[O-])cc3)o2)cc1. The number of esters is 1. The normalized spacial score (nSPS) is 11.6. The summed E-state index contributed by atoms with van der Waals surface area (Å²) in [5.41, 5.74) is 1.28. The summed E-state index contributed by atoms with van der Waals surface area (Å²) < 4.78 is 15.9. The van der Waals surface area contributed by atoms with Crippen molar-refractivity contribution in [3.63, 3.8) is 0 Å². The molecule has 3 aromatic rings. The lowest BCUT2D eigenvalue weighted by molar-refractivity contribution is -0.384. The number of hydrogen-bond donors (Lipinski definition) is 0. The molecule has 0 fully saturated rings. The molecule has 3 rings (SSSR count). The van der Waals surface area contributed by atoms with Gasteiger partial charge in [0.1, 0.15) is 5.75 Å². The van der Waals surface area contributed by atoms with Crippen molar-refractivity contribution < 1.29 is 23.6 Å². The molecule has 0 bridgehead atoms. The van der Waals surface area contributed by atoms with Crippen LogP contribution in [0.25, 0.3) is 11.5 Å². The van der Waals surface area contributed by atoms with Crippen molar-refractivity contribution in [3.05, 3.63) is 70.1 Å². The van der Waals surface area contributed by atoms with Gasteiger partial charge in [-0.1, -0.05) is 12.1 Å². The van der Waals surface area contributed by atoms with E-state index in [1.165, 1.54) is 24.3 Å². The summed E-state index contributed by atoms with van der Waals surface area (Å²) in [7, 11) is 1.57. The number of ether oxygens (including phenoxy) is 2. The minimum absolute atomic E-state index is 0.0377. The van der Waals surface area contributed by atoms with Crippen LogP contribution in [0, 0.1) is 10.1 Å². The van der Waals surface area contributed by atoms with Gasteiger partial charge in [0.05, 0.1) is 18.5 Å². The van der Waals surface area contributed by atoms with Crippen molar-refractivity contribution in [3.8, 4) is 17.2 Å². The molecule has 0 aliphatic heterocycles. The van der Waals surface area contributed by atoms with Gasteiger partial charge in [0.25, 0.3) is 11.6 Å². The Morgan fingerprint density at radius 2 is 1.82 bits per heavy atom. The molecule has 0 amide bonds. The minimum Gasteiger partial charge on any atom is -0.497 e. The third kappa shape index (κ3) is 4.50. The number of carbonyl (C=O) groups excluding carboxylic acids is 1. The Kier molecular flexibility index (Phi) is 5.64. The molecule has 2 aromatic carbocycles. The first-order valence-electron chi connectivity index (χ1n) is 8.37. The molecule has 0 saturated heterocycles. The summed E-state index contributed by atoms with van der Waals surface area (Å²) in [5, 5.41) is 18.5. The first-order valence-corrected chi connectivity index (χ1v) is 8.37. The molecule has 0 N–H and O–H groups in total. The largest absolute Gasteiger partial charge is 0.497 e. The molecule has 0 spiro atoms. The summed E-state index contributed by atoms with van der Waals surface area (Å²) >= 11 is 0. The average Bonchev–Trinajstić information content (AvgIpc) is 3.19. The summed E-state index contributed by atoms with van der Waals surface area (Å²) in [6.45, 7) is 1.62. The molecular formula is C19H17N3O6. The number of nitrogens with zero attached hydrogens (tertiary/aromatic N) is 3. The first kappa shape index (κ1) is 19.0. The van der Waals surface area contributed by atoms with E-state index in [9.17, 15) is 14.9 Å². The molecule has 1 heterocycles. The molecule has 0 saturated carbocycles. The van der Waals surface area contributed by atoms with Crippen LogP contribution in [-0.4, -0.2) is 28.2 Å². The van der Waals surface area contributed by atoms with E-state index < -0.39 is 17.0 Å². The maximum absolute atomic E-state index is 12.1. The Hall–Kier alpha value is -3.75. The van der Waals surface area contributed by atoms with Gasteiger partial charge in [-0.25, -0.2) is 0 Å². The van der Waals surface area contributed by atoms with Gasteiger partial charge >= 0.3 is 5.97 Å². The summed E-state index contributed by atoms with van der Waals surface area (Å²) in [6, 6.07) is 12.8. The summed E-state index contributed by atoms with van der Waals surface area (Å²) in [5.74, 6) is 0.585. The average molecular weight is 383 g/mol. The number of rotatable bonds is 7. The quantitative estimate of drug-likeness (QED) is 0.346. The molecule has 28 heavy (non-hydrogen) atoms. The van der Waals surface area contributed by atoms with Gasteiger partial charge < -0.3 is 13.9 Å². The molecule has 0 aliphatic carbocycles. The van der Waals surface area contributed by atoms with E-state index in [2.05, 4.69) is 10.2 Å². The Bertz CT molecular complexity index is 966. The summed E-state index contributed by atoms with van der Waals surface area (Å²) in [4.78, 5) is 22.3. The molecular weight excluding hydrogens is 366 g/mol. The first-order chi connectivity index (χ1) is 13.5. The second-order valence-corrected chi connectivity index (χ2v) is 5.91. The van der Waals surface area contributed by atoms with Crippen molar-refractivity contribution >= 4 is 11.7 Å². The fourth-order valence-electron chi connectivity index (χ4n) is 2.44. The summed E-state index contributed by atoms with van der Waals surface area (Å²) in [6.07, 6.45) is -0.637. The standard InChI is InChI=1S/C19H17N3O6/c1-12(27-17(23)11-13-3-9-16(26-2)10-4-13)18-20-21-19(28-18)14-5-7-15(8-6-14)22(24)25/h3-10,12H,11H2,1-2H3/t12-/m1/s1. The predicted molar refractivity (Wildman–Crippen MR) is 97.6 cm³/mol. The maximum Gasteiger partial charge on any atom is 0.311 e. The second-order valence-electron chi connectivity index (χ2n) is 5.91. The number of methoxy groups -OCH3 is 1. The van der Waals surface area contributed by atoms with Crippen LogP contribution in [-0.2, 0) is 16.0 Å². The maximum atomic E-state index is 12.1. The van der Waals surface area contributed by atoms with Crippen LogP contribution in [0.4, 0.5) is 5.69 Å². The van der Waals surface area contributed by atoms with E-state index in [1.807, 2.05) is 0 Å². The van der Waals surface area contributed by atoms with Gasteiger partial charge in [0.2, 0.25) is 5.89 Å². The number of hydrogen-bond acceptors (Lipinski definition) is 8. The van der Waals surface area contributed by atoms with Gasteiger partial charge in [-0.3, -0.25) is 14.9 Å². The van der Waals surface area contributed by atoms with Crippen molar-refractivity contribution in [1.29, 1.82) is 0 Å². The Balaban J connectivity index is 1.62. The molecule has 9 nitrogen and oxygen atoms in total. The predicted octanol–water partition coefficient (Wildman–Crippen LogP) is 3.50. The molecule has 144 valence electrons. The van der Waals surface area contributed by atoms with Gasteiger partial charge in [0.15, 0.2) is 6.10 Å². The Labute approximate surface area is 160 Å². The van der Waals surface area contributed by atoms with Crippen molar-refractivity contribution in [2.45, 2.75) is 19.4 Å². The zero-order valence-corrected chi connectivity index (χ0v) is 15.2. The Morgan fingerprint density at radius 3 is 2.43 bits per heavy atom. The van der Waals surface area contributed by atoms with Crippen molar-refractivity contribution in [2.75, 3.05) is 7.11 Å². The third-order valence-corrected chi connectivity index (χ3v) is 3.93. The van der Waals surface area contributed by atoms with E-state index in [0.29, 0.717) is 11.3 Å². The lowest BCUT2D eigenvalue weighted by Gasteiger charge is -2.09. The molecule has 0 unspecified atom stereocenters. The zero-order valence-electron chi connectivity index (χ0n) is 15.2. The molecule has 1 aromatic heterocycles. The van der Waals surface area contributed by atoms with Crippen LogP contribution < -0.4 is 4.74 Å². The molecule has 1 atom stereocenters. The van der Waals surface area contributed by atoms with E-state index in [1.54, 1.807) is 38.3 Å². The van der Waals surface area contributed by atoms with Crippen LogP contribution >= 0.6 is 0 Å². The highest BCUT2D eigenvalue weighted by Crippen LogP contribution is 2.24. The van der Waals surface area contributed by atoms with Crippen LogP contribution in [0.1, 0.15) is 24.5 Å². The molecule has 0 radical (unpaired) electrons. The van der Waals surface area contributed by atoms with Crippen molar-refractivity contribution in [2.24, 2.45) is 0 Å². The van der Waals surface area contributed by atoms with Gasteiger partial charge in [-0.05, 0) is 36.8 Å². The highest BCUT2D eigenvalue weighted by Gasteiger charge is 2.19. The van der Waals surface area contributed by atoms with Gasteiger partial charge in [-0.15, -0.1) is 10.2 Å². The highest BCUT2D eigenvalue weighted by atomic mass is 16.6. The fraction of sp³-hybridized carbons (Fsp3) is 0.211. The highest BCUT2D eigenvalue weighted by molar-refractivity contribution is 5.72. The van der Waals surface area contributed by atoms with Crippen LogP contribution in [0.5, 0.6) is 5.75 Å². The lowest BCUT2D eigenvalue weighted by atomic mass is 10.1. The van der Waals surface area contributed by atoms with Crippen LogP contribution in [0.15, 0.2) is 52.9 Å². The number of nitro groups is 1. The molecule has 0 aliphatic rings. The lowest BCUT2D eigenvalue weighted by Crippen LogP contribution is -2.11. The topological polar surface area (TPSA) is 118 Å². The van der Waals surface area contributed by atoms with Crippen molar-refractivity contribution in [1.82, 2.24) is 10.2 Å². The fourth-order valence-corrected chi connectivity index (χ4v) is 2.44. The molecule has 9 heteroatoms. The zero-order chi connectivity index (χ0) is 20.1. The van der Waals surface area contributed by atoms with Gasteiger partial charge in [-0.2, -0.15) is 0 Å². The van der Waals surface area contributed by atoms with E-state index in [0.717, 1.165) is 5.56 Å². The number of aromatic nitrogens is 2. The van der Waals surface area contributed by atoms with E-state index in [4.69, 9.17) is 13.9 Å². The number of non-ortho nitro benzene ring substituents is 1. The smallest absolute Gasteiger partial charge is 0.311 e. The van der Waals surface area contributed by atoms with Gasteiger partial charge in [0, 0.05) is 17.7 Å². The van der Waals surface area contributed by atoms with E-state index >= 15 is 0 Å². The number of carbonyl (C=O) groups is 1. The van der Waals surface area contributed by atoms with Crippen LogP contribution in [0.2, 0.25) is 0 Å². The minimum atomic E-state index is -0.731.